The van der Waals surface area contributed by atoms with Gasteiger partial charge in [0.1, 0.15) is 0 Å². The number of hydrogen-bond donors (Lipinski definition) is 2. The van der Waals surface area contributed by atoms with Crippen LogP contribution in [0.1, 0.15) is 21.5 Å². The van der Waals surface area contributed by atoms with Crippen molar-refractivity contribution >= 4 is 5.91 Å². The number of carbonyl (C=O) groups excluding carboxylic acids is 1. The van der Waals surface area contributed by atoms with Crippen molar-refractivity contribution in [2.45, 2.75) is 13.0 Å². The zero-order valence-corrected chi connectivity index (χ0v) is 10.5. The summed E-state index contributed by atoms with van der Waals surface area (Å²) in [6.07, 6.45) is 0.872. The summed E-state index contributed by atoms with van der Waals surface area (Å²) < 4.78 is 4.84. The summed E-state index contributed by atoms with van der Waals surface area (Å²) in [5.41, 5.74) is 5.45. The molecule has 0 atom stereocenters. The fraction of sp³-hybridized carbons (Fsp3) is 0.462. The van der Waals surface area contributed by atoms with E-state index < -0.39 is 0 Å². The molecule has 5 nitrogen and oxygen atoms in total. The van der Waals surface area contributed by atoms with Crippen molar-refractivity contribution in [3.8, 4) is 0 Å². The van der Waals surface area contributed by atoms with Gasteiger partial charge in [-0.25, -0.2) is 5.48 Å². The number of amides is 1. The highest BCUT2D eigenvalue weighted by Gasteiger charge is 2.17. The molecular weight excluding hydrogens is 232 g/mol. The molecule has 1 aromatic carbocycles. The van der Waals surface area contributed by atoms with Crippen molar-refractivity contribution in [3.63, 3.8) is 0 Å². The Labute approximate surface area is 106 Å². The van der Waals surface area contributed by atoms with Crippen molar-refractivity contribution in [3.05, 3.63) is 34.9 Å². The van der Waals surface area contributed by atoms with E-state index in [1.165, 1.54) is 5.56 Å². The lowest BCUT2D eigenvalue weighted by atomic mass is 9.95. The average Bonchev–Trinajstić information content (AvgIpc) is 2.43. The number of nitrogens with one attached hydrogen (secondary N) is 2. The number of benzene rings is 1. The van der Waals surface area contributed by atoms with Gasteiger partial charge in [0, 0.05) is 19.2 Å². The van der Waals surface area contributed by atoms with E-state index in [9.17, 15) is 4.79 Å². The SMILES string of the molecule is COCCONC(=O)c1cccc2c1CCNC2. The Hall–Kier alpha value is -1.43. The Balaban J connectivity index is 2.01. The number of hydrogen-bond acceptors (Lipinski definition) is 4. The second-order valence-electron chi connectivity index (χ2n) is 4.14. The van der Waals surface area contributed by atoms with Gasteiger partial charge in [-0.2, -0.15) is 0 Å². The van der Waals surface area contributed by atoms with Crippen LogP contribution in [0, 0.1) is 0 Å². The summed E-state index contributed by atoms with van der Waals surface area (Å²) in [5, 5.41) is 3.29. The van der Waals surface area contributed by atoms with Gasteiger partial charge in [0.2, 0.25) is 0 Å². The number of methoxy groups -OCH3 is 1. The first kappa shape index (κ1) is 13.0. The lowest BCUT2D eigenvalue weighted by Crippen LogP contribution is -2.30. The molecule has 1 aliphatic heterocycles. The van der Waals surface area contributed by atoms with Crippen molar-refractivity contribution in [1.29, 1.82) is 0 Å². The van der Waals surface area contributed by atoms with Crippen molar-refractivity contribution in [1.82, 2.24) is 10.8 Å². The zero-order chi connectivity index (χ0) is 12.8. The van der Waals surface area contributed by atoms with Crippen LogP contribution in [-0.2, 0) is 22.5 Å². The van der Waals surface area contributed by atoms with Gasteiger partial charge in [0.25, 0.3) is 5.91 Å². The monoisotopic (exact) mass is 250 g/mol. The highest BCUT2D eigenvalue weighted by molar-refractivity contribution is 5.95. The second kappa shape index (κ2) is 6.49. The third-order valence-corrected chi connectivity index (χ3v) is 2.94. The molecule has 18 heavy (non-hydrogen) atoms. The molecule has 0 radical (unpaired) electrons. The van der Waals surface area contributed by atoms with Gasteiger partial charge in [-0.1, -0.05) is 12.1 Å². The maximum Gasteiger partial charge on any atom is 0.275 e. The standard InChI is InChI=1S/C13H18N2O3/c1-17-7-8-18-15-13(16)12-4-2-3-10-9-14-6-5-11(10)12/h2-4,14H,5-9H2,1H3,(H,15,16). The lowest BCUT2D eigenvalue weighted by Gasteiger charge is -2.19. The first-order valence-corrected chi connectivity index (χ1v) is 6.05. The molecule has 0 saturated heterocycles. The third-order valence-electron chi connectivity index (χ3n) is 2.94. The summed E-state index contributed by atoms with van der Waals surface area (Å²) in [6.45, 7) is 2.53. The Bertz CT molecular complexity index is 421. The number of carbonyl (C=O) groups is 1. The van der Waals surface area contributed by atoms with Crippen LogP contribution in [-0.4, -0.2) is 32.8 Å². The molecule has 0 aliphatic carbocycles. The zero-order valence-electron chi connectivity index (χ0n) is 10.5. The molecule has 0 unspecified atom stereocenters. The maximum atomic E-state index is 12.0. The largest absolute Gasteiger partial charge is 0.382 e. The molecule has 0 saturated carbocycles. The number of hydroxylamine groups is 1. The van der Waals surface area contributed by atoms with Gasteiger partial charge < -0.3 is 10.1 Å². The van der Waals surface area contributed by atoms with Crippen LogP contribution in [0.25, 0.3) is 0 Å². The van der Waals surface area contributed by atoms with Crippen LogP contribution in [0.4, 0.5) is 0 Å². The molecule has 1 aliphatic rings. The fourth-order valence-corrected chi connectivity index (χ4v) is 2.04. The van der Waals surface area contributed by atoms with Crippen LogP contribution < -0.4 is 10.8 Å². The van der Waals surface area contributed by atoms with E-state index >= 15 is 0 Å². The molecule has 5 heteroatoms. The topological polar surface area (TPSA) is 59.6 Å². The molecule has 1 amide bonds. The average molecular weight is 250 g/mol. The molecule has 0 fully saturated rings. The molecule has 0 spiro atoms. The van der Waals surface area contributed by atoms with Crippen molar-refractivity contribution < 1.29 is 14.4 Å². The summed E-state index contributed by atoms with van der Waals surface area (Å²) in [7, 11) is 1.59. The van der Waals surface area contributed by atoms with E-state index in [1.807, 2.05) is 18.2 Å². The van der Waals surface area contributed by atoms with Gasteiger partial charge in [-0.05, 0) is 30.2 Å². The number of rotatable bonds is 5. The summed E-state index contributed by atoms with van der Waals surface area (Å²) >= 11 is 0. The summed E-state index contributed by atoms with van der Waals surface area (Å²) in [6, 6.07) is 5.78. The number of fused-ring (bicyclic) bond motifs is 1. The molecule has 98 valence electrons. The highest BCUT2D eigenvalue weighted by atomic mass is 16.7. The molecule has 2 rings (SSSR count). The molecule has 1 heterocycles. The summed E-state index contributed by atoms with van der Waals surface area (Å²) in [5.74, 6) is -0.190. The van der Waals surface area contributed by atoms with Crippen LogP contribution in [0.5, 0.6) is 0 Å². The van der Waals surface area contributed by atoms with Crippen LogP contribution in [0.3, 0.4) is 0 Å². The van der Waals surface area contributed by atoms with Gasteiger partial charge in [0.05, 0.1) is 13.2 Å². The second-order valence-corrected chi connectivity index (χ2v) is 4.14. The Morgan fingerprint density at radius 3 is 3.17 bits per heavy atom. The highest BCUT2D eigenvalue weighted by Crippen LogP contribution is 2.18. The smallest absolute Gasteiger partial charge is 0.275 e. The number of ether oxygens (including phenoxy) is 1. The Morgan fingerprint density at radius 2 is 2.33 bits per heavy atom. The molecule has 0 aromatic heterocycles. The third kappa shape index (κ3) is 3.07. The van der Waals surface area contributed by atoms with E-state index in [2.05, 4.69) is 10.8 Å². The first-order valence-electron chi connectivity index (χ1n) is 6.05. The van der Waals surface area contributed by atoms with Gasteiger partial charge >= 0.3 is 0 Å². The fourth-order valence-electron chi connectivity index (χ4n) is 2.04. The minimum absolute atomic E-state index is 0.190. The van der Waals surface area contributed by atoms with E-state index in [-0.39, 0.29) is 5.91 Å². The van der Waals surface area contributed by atoms with Gasteiger partial charge in [-0.15, -0.1) is 0 Å². The Morgan fingerprint density at radius 1 is 1.44 bits per heavy atom. The Kier molecular flexibility index (Phi) is 4.69. The molecule has 1 aromatic rings. The van der Waals surface area contributed by atoms with E-state index in [0.29, 0.717) is 18.8 Å². The van der Waals surface area contributed by atoms with Crippen LogP contribution in [0.15, 0.2) is 18.2 Å². The predicted molar refractivity (Wildman–Crippen MR) is 67.1 cm³/mol. The quantitative estimate of drug-likeness (QED) is 0.595. The minimum atomic E-state index is -0.190. The van der Waals surface area contributed by atoms with Crippen LogP contribution >= 0.6 is 0 Å². The molecule has 2 N–H and O–H groups in total. The van der Waals surface area contributed by atoms with E-state index in [1.54, 1.807) is 7.11 Å². The van der Waals surface area contributed by atoms with Gasteiger partial charge in [0.15, 0.2) is 0 Å². The van der Waals surface area contributed by atoms with Crippen molar-refractivity contribution in [2.75, 3.05) is 26.9 Å². The minimum Gasteiger partial charge on any atom is -0.382 e. The lowest BCUT2D eigenvalue weighted by molar-refractivity contribution is 0.00881. The van der Waals surface area contributed by atoms with Crippen molar-refractivity contribution in [2.24, 2.45) is 0 Å². The van der Waals surface area contributed by atoms with Gasteiger partial charge in [-0.3, -0.25) is 9.63 Å². The predicted octanol–water partition coefficient (Wildman–Crippen LogP) is 0.640. The first-order chi connectivity index (χ1) is 8.83. The van der Waals surface area contributed by atoms with Crippen LogP contribution in [0.2, 0.25) is 0 Å². The maximum absolute atomic E-state index is 12.0. The normalized spacial score (nSPS) is 14.1. The summed E-state index contributed by atoms with van der Waals surface area (Å²) in [4.78, 5) is 17.0. The molecular formula is C13H18N2O3. The van der Waals surface area contributed by atoms with E-state index in [4.69, 9.17) is 9.57 Å². The molecule has 0 bridgehead atoms. The van der Waals surface area contributed by atoms with E-state index in [0.717, 1.165) is 25.1 Å².